The largest absolute Gasteiger partial charge is 0.508 e. The molecule has 9 heteroatoms. The molecule has 1 heterocycles. The Hall–Kier alpha value is -4.47. The Balaban J connectivity index is 1.68. The van der Waals surface area contributed by atoms with Crippen LogP contribution in [0, 0.1) is 5.92 Å². The summed E-state index contributed by atoms with van der Waals surface area (Å²) in [4.78, 5) is 17.2. The maximum absolute atomic E-state index is 14.2. The van der Waals surface area contributed by atoms with Crippen LogP contribution in [0.2, 0.25) is 0 Å². The van der Waals surface area contributed by atoms with Gasteiger partial charge in [-0.15, -0.1) is 0 Å². The van der Waals surface area contributed by atoms with Gasteiger partial charge in [-0.25, -0.2) is 0 Å². The van der Waals surface area contributed by atoms with E-state index in [1.165, 1.54) is 38.5 Å². The van der Waals surface area contributed by atoms with E-state index in [0.717, 1.165) is 11.1 Å². The smallest absolute Gasteiger partial charge is 0.160 e. The first kappa shape index (κ1) is 30.5. The number of ether oxygens (including phenoxy) is 2. The summed E-state index contributed by atoms with van der Waals surface area (Å²) in [6.45, 7) is -0.581. The van der Waals surface area contributed by atoms with E-state index in [1.54, 1.807) is 42.6 Å². The molecule has 0 aliphatic carbocycles. The Labute approximate surface area is 244 Å². The van der Waals surface area contributed by atoms with E-state index in [9.17, 15) is 30.3 Å². The van der Waals surface area contributed by atoms with Crippen LogP contribution in [-0.4, -0.2) is 63.2 Å². The fourth-order valence-electron chi connectivity index (χ4n) is 5.42. The molecule has 0 unspecified atom stereocenters. The number of aromatic hydroxyl groups is 3. The summed E-state index contributed by atoms with van der Waals surface area (Å²) < 4.78 is 10.5. The summed E-state index contributed by atoms with van der Waals surface area (Å²) in [5.41, 5.74) is 1.29. The normalized spacial score (nSPS) is 14.1. The van der Waals surface area contributed by atoms with Gasteiger partial charge in [-0.1, -0.05) is 24.3 Å². The van der Waals surface area contributed by atoms with Crippen molar-refractivity contribution in [1.82, 2.24) is 4.98 Å². The van der Waals surface area contributed by atoms with Gasteiger partial charge in [-0.3, -0.25) is 4.79 Å². The summed E-state index contributed by atoms with van der Waals surface area (Å²) in [5.74, 6) is -0.388. The number of aromatic nitrogens is 1. The molecule has 0 saturated carbocycles. The zero-order valence-electron chi connectivity index (χ0n) is 23.7. The van der Waals surface area contributed by atoms with Gasteiger partial charge in [0.1, 0.15) is 11.5 Å². The van der Waals surface area contributed by atoms with Gasteiger partial charge >= 0.3 is 0 Å². The van der Waals surface area contributed by atoms with Gasteiger partial charge in [-0.2, -0.15) is 0 Å². The van der Waals surface area contributed by atoms with Crippen LogP contribution in [0.4, 0.5) is 0 Å². The van der Waals surface area contributed by atoms with Gasteiger partial charge in [0.15, 0.2) is 23.0 Å². The highest BCUT2D eigenvalue weighted by atomic mass is 16.5. The first-order valence-electron chi connectivity index (χ1n) is 13.6. The summed E-state index contributed by atoms with van der Waals surface area (Å²) in [6.07, 6.45) is 3.16. The number of carbonyl (C=O) groups excluding carboxylic acids is 1. The topological polar surface area (TPSA) is 152 Å². The molecule has 0 aliphatic rings. The Bertz CT molecular complexity index is 1490. The van der Waals surface area contributed by atoms with Crippen LogP contribution in [0.3, 0.4) is 0 Å². The van der Waals surface area contributed by atoms with Gasteiger partial charge < -0.3 is 40.0 Å². The third-order valence-corrected chi connectivity index (χ3v) is 7.79. The van der Waals surface area contributed by atoms with Crippen molar-refractivity contribution >= 4 is 5.78 Å². The molecular formula is C33H37NO8. The lowest BCUT2D eigenvalue weighted by Crippen LogP contribution is -2.44. The second-order valence-corrected chi connectivity index (χ2v) is 10.6. The van der Waals surface area contributed by atoms with Crippen molar-refractivity contribution in [3.05, 3.63) is 101 Å². The molecule has 4 aromatic rings. The number of phenolic OH excluding ortho intramolecular Hbond substituents is 3. The van der Waals surface area contributed by atoms with Gasteiger partial charge in [-0.05, 0) is 89.9 Å². The molecule has 0 bridgehead atoms. The van der Waals surface area contributed by atoms with Crippen LogP contribution in [0.15, 0.2) is 79.1 Å². The number of phenols is 3. The van der Waals surface area contributed by atoms with Crippen LogP contribution in [0.1, 0.15) is 28.7 Å². The van der Waals surface area contributed by atoms with Crippen LogP contribution in [0.25, 0.3) is 0 Å². The number of Topliss-reactive ketones (excluding diaryl/α,β-unsaturated/α-hetero) is 1. The number of hydrogen-bond acceptors (Lipinski definition) is 8. The number of nitrogens with one attached hydrogen (secondary N) is 1. The monoisotopic (exact) mass is 575 g/mol. The standard InChI is InChI=1S/C33H37NO8/c1-41-30-14-21(6-8-27(30)37)12-24(13-23-10-11-34-19-23)29(39)17-32(40)33(20-35,25-4-3-5-26(36)16-25)18-22-7-9-28(38)31(15-22)42-2/h3-11,14-16,19,24,29,34-39H,12-13,17-18,20H2,1-2H3/t24-,29-,33+/m1/s1. The van der Waals surface area contributed by atoms with E-state index >= 15 is 0 Å². The van der Waals surface area contributed by atoms with Crippen molar-refractivity contribution in [3.63, 3.8) is 0 Å². The van der Waals surface area contributed by atoms with Gasteiger partial charge in [0.2, 0.25) is 0 Å². The average Bonchev–Trinajstić information content (AvgIpc) is 3.50. The predicted octanol–water partition coefficient (Wildman–Crippen LogP) is 4.04. The molecule has 3 atom stereocenters. The van der Waals surface area contributed by atoms with Crippen molar-refractivity contribution in [2.75, 3.05) is 20.8 Å². The molecule has 0 radical (unpaired) electrons. The van der Waals surface area contributed by atoms with E-state index in [0.29, 0.717) is 29.7 Å². The number of aliphatic hydroxyl groups excluding tert-OH is 2. The number of methoxy groups -OCH3 is 2. The zero-order valence-corrected chi connectivity index (χ0v) is 23.7. The summed E-state index contributed by atoms with van der Waals surface area (Å²) in [6, 6.07) is 17.8. The highest BCUT2D eigenvalue weighted by Gasteiger charge is 2.41. The van der Waals surface area contributed by atoms with E-state index in [-0.39, 0.29) is 35.8 Å². The molecule has 1 aromatic heterocycles. The number of aromatic amines is 1. The quantitative estimate of drug-likeness (QED) is 0.132. The van der Waals surface area contributed by atoms with Crippen LogP contribution in [-0.2, 0) is 29.5 Å². The molecule has 4 rings (SSSR count). The highest BCUT2D eigenvalue weighted by Crippen LogP contribution is 2.37. The summed E-state index contributed by atoms with van der Waals surface area (Å²) in [5, 5.41) is 52.7. The minimum atomic E-state index is -1.50. The van der Waals surface area contributed by atoms with Crippen molar-refractivity contribution in [2.45, 2.75) is 37.2 Å². The number of ketones is 1. The molecule has 3 aromatic carbocycles. The fraction of sp³-hybridized carbons (Fsp3) is 0.303. The van der Waals surface area contributed by atoms with Gasteiger partial charge in [0.25, 0.3) is 0 Å². The molecular weight excluding hydrogens is 538 g/mol. The predicted molar refractivity (Wildman–Crippen MR) is 157 cm³/mol. The lowest BCUT2D eigenvalue weighted by atomic mass is 9.70. The summed E-state index contributed by atoms with van der Waals surface area (Å²) in [7, 11) is 2.88. The molecule has 6 N–H and O–H groups in total. The first-order valence-corrected chi connectivity index (χ1v) is 13.6. The Morgan fingerprint density at radius 3 is 2.10 bits per heavy atom. The average molecular weight is 576 g/mol. The number of carbonyl (C=O) groups is 1. The number of aliphatic hydroxyl groups is 2. The van der Waals surface area contributed by atoms with Crippen LogP contribution < -0.4 is 9.47 Å². The maximum atomic E-state index is 14.2. The van der Waals surface area contributed by atoms with Crippen LogP contribution in [0.5, 0.6) is 28.7 Å². The molecule has 0 fully saturated rings. The molecule has 42 heavy (non-hydrogen) atoms. The minimum Gasteiger partial charge on any atom is -0.508 e. The molecule has 9 nitrogen and oxygen atoms in total. The van der Waals surface area contributed by atoms with Gasteiger partial charge in [0, 0.05) is 18.8 Å². The van der Waals surface area contributed by atoms with Gasteiger partial charge in [0.05, 0.1) is 32.3 Å². The number of benzene rings is 3. The van der Waals surface area contributed by atoms with E-state index in [2.05, 4.69) is 4.98 Å². The third-order valence-electron chi connectivity index (χ3n) is 7.79. The molecule has 0 amide bonds. The third kappa shape index (κ3) is 6.87. The molecule has 222 valence electrons. The molecule has 0 spiro atoms. The lowest BCUT2D eigenvalue weighted by Gasteiger charge is -2.33. The number of hydrogen-bond donors (Lipinski definition) is 6. The van der Waals surface area contributed by atoms with Crippen LogP contribution >= 0.6 is 0 Å². The van der Waals surface area contributed by atoms with E-state index in [1.807, 2.05) is 12.3 Å². The zero-order chi connectivity index (χ0) is 30.3. The highest BCUT2D eigenvalue weighted by molar-refractivity contribution is 5.91. The first-order chi connectivity index (χ1) is 20.2. The Morgan fingerprint density at radius 2 is 1.50 bits per heavy atom. The van der Waals surface area contributed by atoms with Crippen molar-refractivity contribution < 1.29 is 39.8 Å². The van der Waals surface area contributed by atoms with E-state index in [4.69, 9.17) is 9.47 Å². The maximum Gasteiger partial charge on any atom is 0.160 e. The van der Waals surface area contributed by atoms with Crippen molar-refractivity contribution in [2.24, 2.45) is 5.92 Å². The summed E-state index contributed by atoms with van der Waals surface area (Å²) >= 11 is 0. The van der Waals surface area contributed by atoms with Crippen molar-refractivity contribution in [1.29, 1.82) is 0 Å². The second-order valence-electron chi connectivity index (χ2n) is 10.6. The number of H-pyrrole nitrogens is 1. The molecule has 0 saturated heterocycles. The lowest BCUT2D eigenvalue weighted by molar-refractivity contribution is -0.129. The molecule has 0 aliphatic heterocycles. The minimum absolute atomic E-state index is 0.00358. The second kappa shape index (κ2) is 13.5. The van der Waals surface area contributed by atoms with Crippen molar-refractivity contribution in [3.8, 4) is 28.7 Å². The fourth-order valence-corrected chi connectivity index (χ4v) is 5.42. The Morgan fingerprint density at radius 1 is 0.857 bits per heavy atom. The number of rotatable bonds is 14. The SMILES string of the molecule is COc1cc(C[C@H](Cc2cc[nH]c2)[C@H](O)CC(=O)[C@](CO)(Cc2ccc(O)c(OC)c2)c2cccc(O)c2)ccc1O. The Kier molecular flexibility index (Phi) is 9.77. The van der Waals surface area contributed by atoms with E-state index < -0.39 is 29.8 Å².